The Kier molecular flexibility index (Phi) is 5.93. The van der Waals surface area contributed by atoms with Crippen LogP contribution in [0.1, 0.15) is 19.8 Å². The Morgan fingerprint density at radius 1 is 1.27 bits per heavy atom. The predicted octanol–water partition coefficient (Wildman–Crippen LogP) is -1.27. The van der Waals surface area contributed by atoms with E-state index in [1.54, 1.807) is 0 Å². The van der Waals surface area contributed by atoms with Crippen molar-refractivity contribution in [3.8, 4) is 0 Å². The molecule has 0 bridgehead atoms. The molecule has 1 aliphatic rings. The number of likely N-dealkylation sites (tertiary alicyclic amines) is 1. The van der Waals surface area contributed by atoms with Gasteiger partial charge in [-0.25, -0.2) is 0 Å². The van der Waals surface area contributed by atoms with Crippen LogP contribution in [0, 0.1) is 0 Å². The van der Waals surface area contributed by atoms with E-state index < -0.39 is 12.5 Å². The van der Waals surface area contributed by atoms with E-state index in [4.69, 9.17) is 0 Å². The van der Waals surface area contributed by atoms with Crippen LogP contribution >= 0.6 is 0 Å². The van der Waals surface area contributed by atoms with E-state index in [9.17, 15) is 14.7 Å². The molecule has 1 amide bonds. The van der Waals surface area contributed by atoms with Crippen LogP contribution in [0.5, 0.6) is 0 Å². The summed E-state index contributed by atoms with van der Waals surface area (Å²) in [6, 6.07) is 0. The van der Waals surface area contributed by atoms with Gasteiger partial charge in [-0.2, -0.15) is 0 Å². The lowest BCUT2D eigenvalue weighted by molar-refractivity contribution is -0.877. The molecule has 1 N–H and O–H groups in total. The lowest BCUT2D eigenvalue weighted by atomic mass is 10.4. The number of carbonyl (C=O) groups excluding carboxylic acids is 2. The van der Waals surface area contributed by atoms with Gasteiger partial charge in [0.05, 0.1) is 39.7 Å². The van der Waals surface area contributed by atoms with Crippen LogP contribution in [0.15, 0.2) is 0 Å². The van der Waals surface area contributed by atoms with Crippen molar-refractivity contribution in [2.75, 3.05) is 33.7 Å². The predicted molar refractivity (Wildman–Crippen MR) is 54.8 cm³/mol. The van der Waals surface area contributed by atoms with Gasteiger partial charge in [0, 0.05) is 19.8 Å². The Morgan fingerprint density at radius 3 is 1.87 bits per heavy atom. The minimum atomic E-state index is -1.28. The zero-order chi connectivity index (χ0) is 11.9. The Bertz CT molecular complexity index is 205. The van der Waals surface area contributed by atoms with Gasteiger partial charge in [0.2, 0.25) is 5.91 Å². The van der Waals surface area contributed by atoms with Gasteiger partial charge in [-0.05, 0) is 0 Å². The fourth-order valence-electron chi connectivity index (χ4n) is 1.39. The summed E-state index contributed by atoms with van der Waals surface area (Å²) in [5.74, 6) is -1.64. The number of amides is 1. The average Bonchev–Trinajstić information content (AvgIpc) is 2.48. The molecular weight excluding hydrogens is 196 g/mol. The largest absolute Gasteiger partial charge is 0.548 e. The first-order valence-electron chi connectivity index (χ1n) is 5.10. The van der Waals surface area contributed by atoms with E-state index >= 15 is 0 Å². The van der Waals surface area contributed by atoms with E-state index in [1.165, 1.54) is 37.3 Å². The quantitative estimate of drug-likeness (QED) is 0.585. The third kappa shape index (κ3) is 9.21. The Morgan fingerprint density at radius 2 is 1.73 bits per heavy atom. The number of carboxylic acid groups (broad SMARTS) is 1. The summed E-state index contributed by atoms with van der Waals surface area (Å²) in [4.78, 5) is 19.5. The van der Waals surface area contributed by atoms with Gasteiger partial charge in [-0.3, -0.25) is 4.79 Å². The minimum absolute atomic E-state index is 0.366. The summed E-state index contributed by atoms with van der Waals surface area (Å²) < 4.78 is 1.25. The Balaban J connectivity index is 0.000000262. The van der Waals surface area contributed by atoms with Gasteiger partial charge in [-0.1, -0.05) is 0 Å². The maximum Gasteiger partial charge on any atom is 0.217 e. The summed E-state index contributed by atoms with van der Waals surface area (Å²) in [5.41, 5.74) is 0. The fourth-order valence-corrected chi connectivity index (χ4v) is 1.39. The number of nitrogens with zero attached hydrogens (tertiary/aromatic N) is 1. The van der Waals surface area contributed by atoms with Crippen molar-refractivity contribution in [3.63, 3.8) is 0 Å². The van der Waals surface area contributed by atoms with Crippen molar-refractivity contribution >= 4 is 11.9 Å². The number of aliphatic carboxylic acids is 1. The molecule has 0 aromatic heterocycles. The molecule has 0 aromatic carbocycles. The highest BCUT2D eigenvalue weighted by Crippen LogP contribution is 2.11. The molecule has 0 radical (unpaired) electrons. The number of carboxylic acids is 1. The molecule has 0 saturated carbocycles. The second-order valence-electron chi connectivity index (χ2n) is 4.37. The number of hydrogen-bond donors (Lipinski definition) is 1. The highest BCUT2D eigenvalue weighted by Gasteiger charge is 2.19. The molecule has 15 heavy (non-hydrogen) atoms. The molecule has 1 saturated heterocycles. The fraction of sp³-hybridized carbons (Fsp3) is 0.800. The van der Waals surface area contributed by atoms with Gasteiger partial charge in [0.15, 0.2) is 0 Å². The summed E-state index contributed by atoms with van der Waals surface area (Å²) >= 11 is 0. The molecule has 1 rings (SSSR count). The van der Waals surface area contributed by atoms with E-state index in [0.717, 1.165) is 0 Å². The standard InChI is InChI=1S/C6H14N.C4H7NO3/c1-7(2)5-3-4-6-7;1-3(6)5-2-4(7)8/h3-6H2,1-2H3;2H2,1H3,(H,5,6)(H,7,8)/q+1;/p-1. The van der Waals surface area contributed by atoms with Crippen molar-refractivity contribution in [1.82, 2.24) is 5.32 Å². The molecule has 0 aliphatic carbocycles. The molecule has 5 heteroatoms. The smallest absolute Gasteiger partial charge is 0.217 e. The van der Waals surface area contributed by atoms with Crippen molar-refractivity contribution in [2.45, 2.75) is 19.8 Å². The van der Waals surface area contributed by atoms with Crippen LogP contribution in [-0.2, 0) is 9.59 Å². The van der Waals surface area contributed by atoms with Gasteiger partial charge in [0.1, 0.15) is 0 Å². The number of quaternary nitrogens is 1. The third-order valence-electron chi connectivity index (χ3n) is 2.26. The lowest BCUT2D eigenvalue weighted by Crippen LogP contribution is -2.36. The average molecular weight is 216 g/mol. The van der Waals surface area contributed by atoms with Crippen LogP contribution < -0.4 is 10.4 Å². The number of carbonyl (C=O) groups is 2. The molecule has 0 spiro atoms. The molecule has 5 nitrogen and oxygen atoms in total. The SMILES string of the molecule is CC(=O)NCC(=O)[O-].C[N+]1(C)CCCC1. The molecule has 1 aliphatic heterocycles. The van der Waals surface area contributed by atoms with Crippen LogP contribution in [0.3, 0.4) is 0 Å². The number of hydrogen-bond acceptors (Lipinski definition) is 3. The van der Waals surface area contributed by atoms with E-state index in [-0.39, 0.29) is 5.91 Å². The van der Waals surface area contributed by atoms with E-state index in [1.807, 2.05) is 5.32 Å². The molecular formula is C10H20N2O3. The van der Waals surface area contributed by atoms with Gasteiger partial charge in [0.25, 0.3) is 0 Å². The molecule has 1 fully saturated rings. The highest BCUT2D eigenvalue weighted by atomic mass is 16.4. The number of nitrogens with one attached hydrogen (secondary N) is 1. The molecule has 0 unspecified atom stereocenters. The first-order chi connectivity index (χ1) is 6.83. The first kappa shape index (κ1) is 13.9. The summed E-state index contributed by atoms with van der Waals surface area (Å²) in [7, 11) is 4.60. The van der Waals surface area contributed by atoms with Crippen molar-refractivity contribution < 1.29 is 19.2 Å². The van der Waals surface area contributed by atoms with E-state index in [2.05, 4.69) is 14.1 Å². The van der Waals surface area contributed by atoms with Gasteiger partial charge < -0.3 is 19.7 Å². The maximum absolute atomic E-state index is 9.95. The molecule has 88 valence electrons. The minimum Gasteiger partial charge on any atom is -0.548 e. The third-order valence-corrected chi connectivity index (χ3v) is 2.26. The van der Waals surface area contributed by atoms with Crippen LogP contribution in [0.4, 0.5) is 0 Å². The van der Waals surface area contributed by atoms with Crippen molar-refractivity contribution in [1.29, 1.82) is 0 Å². The second-order valence-corrected chi connectivity index (χ2v) is 4.37. The van der Waals surface area contributed by atoms with Gasteiger partial charge in [-0.15, -0.1) is 0 Å². The summed E-state index contributed by atoms with van der Waals surface area (Å²) in [5, 5.41) is 11.6. The first-order valence-corrected chi connectivity index (χ1v) is 5.10. The molecule has 1 heterocycles. The second kappa shape index (κ2) is 6.40. The van der Waals surface area contributed by atoms with Gasteiger partial charge >= 0.3 is 0 Å². The monoisotopic (exact) mass is 216 g/mol. The van der Waals surface area contributed by atoms with Crippen LogP contribution in [0.25, 0.3) is 0 Å². The zero-order valence-corrected chi connectivity index (χ0v) is 9.71. The van der Waals surface area contributed by atoms with Crippen molar-refractivity contribution in [2.24, 2.45) is 0 Å². The maximum atomic E-state index is 9.95. The van der Waals surface area contributed by atoms with E-state index in [0.29, 0.717) is 0 Å². The Labute approximate surface area is 90.7 Å². The summed E-state index contributed by atoms with van der Waals surface area (Å²) in [6.45, 7) is 3.61. The zero-order valence-electron chi connectivity index (χ0n) is 9.71. The topological polar surface area (TPSA) is 69.2 Å². The molecule has 0 aromatic rings. The van der Waals surface area contributed by atoms with Crippen LogP contribution in [-0.4, -0.2) is 50.1 Å². The molecule has 0 atom stereocenters. The summed E-state index contributed by atoms with van der Waals surface area (Å²) in [6.07, 6.45) is 2.88. The van der Waals surface area contributed by atoms with Crippen LogP contribution in [0.2, 0.25) is 0 Å². The highest BCUT2D eigenvalue weighted by molar-refractivity contribution is 5.78. The normalized spacial score (nSPS) is 17.5. The number of rotatable bonds is 2. The van der Waals surface area contributed by atoms with Crippen molar-refractivity contribution in [3.05, 3.63) is 0 Å². The lowest BCUT2D eigenvalue weighted by Gasteiger charge is -2.21. The Hall–Kier alpha value is -1.10.